The number of carbonyl (C=O) groups excluding carboxylic acids is 1. The maximum Gasteiger partial charge on any atom is 0.328 e. The number of carboxylic acid groups (broad SMARTS) is 1. The van der Waals surface area contributed by atoms with Crippen LogP contribution >= 0.6 is 0 Å². The summed E-state index contributed by atoms with van der Waals surface area (Å²) in [5.41, 5.74) is 0. The van der Waals surface area contributed by atoms with Crippen molar-refractivity contribution in [2.24, 2.45) is 0 Å². The Morgan fingerprint density at radius 3 is 2.31 bits per heavy atom. The summed E-state index contributed by atoms with van der Waals surface area (Å²) in [6, 6.07) is 0.819. The highest BCUT2D eigenvalue weighted by atomic mass is 28.4. The van der Waals surface area contributed by atoms with Gasteiger partial charge in [-0.3, -0.25) is 0 Å². The van der Waals surface area contributed by atoms with Gasteiger partial charge in [0.25, 0.3) is 0 Å². The smallest absolute Gasteiger partial charge is 0.328 e. The predicted molar refractivity (Wildman–Crippen MR) is 50.8 cm³/mol. The van der Waals surface area contributed by atoms with Gasteiger partial charge >= 0.3 is 11.9 Å². The zero-order chi connectivity index (χ0) is 10.5. The quantitative estimate of drug-likeness (QED) is 0.553. The van der Waals surface area contributed by atoms with Gasteiger partial charge in [-0.25, -0.2) is 9.59 Å². The zero-order valence-corrected chi connectivity index (χ0v) is 9.03. The zero-order valence-electron chi connectivity index (χ0n) is 8.03. The molecule has 0 spiro atoms. The standard InChI is InChI=1S/C8H14O4Si/c1-4-13(2,3)12-8(11)6-5-7(9)10/h5-6H,4H2,1-3H3,(H,9,10)/b6-5+. The largest absolute Gasteiger partial charge is 0.517 e. The van der Waals surface area contributed by atoms with Gasteiger partial charge in [-0.2, -0.15) is 0 Å². The van der Waals surface area contributed by atoms with Gasteiger partial charge < -0.3 is 9.53 Å². The molecule has 0 amide bonds. The van der Waals surface area contributed by atoms with E-state index in [1.54, 1.807) is 0 Å². The van der Waals surface area contributed by atoms with Crippen molar-refractivity contribution in [2.75, 3.05) is 0 Å². The number of hydrogen-bond acceptors (Lipinski definition) is 3. The van der Waals surface area contributed by atoms with Crippen LogP contribution in [0.15, 0.2) is 12.2 Å². The third kappa shape index (κ3) is 6.09. The van der Waals surface area contributed by atoms with Crippen molar-refractivity contribution in [3.05, 3.63) is 12.2 Å². The summed E-state index contributed by atoms with van der Waals surface area (Å²) < 4.78 is 5.09. The van der Waals surface area contributed by atoms with E-state index in [4.69, 9.17) is 9.53 Å². The molecule has 5 heteroatoms. The van der Waals surface area contributed by atoms with Crippen LogP contribution in [0.25, 0.3) is 0 Å². The summed E-state index contributed by atoms with van der Waals surface area (Å²) in [7, 11) is -1.91. The van der Waals surface area contributed by atoms with Gasteiger partial charge in [-0.05, 0) is 19.1 Å². The fourth-order valence-electron chi connectivity index (χ4n) is 0.518. The third-order valence-electron chi connectivity index (χ3n) is 1.59. The summed E-state index contributed by atoms with van der Waals surface area (Å²) in [5.74, 6) is -1.71. The second-order valence-corrected chi connectivity index (χ2v) is 7.64. The number of carbonyl (C=O) groups is 2. The minimum absolute atomic E-state index is 0.569. The third-order valence-corrected chi connectivity index (χ3v) is 4.05. The Bertz CT molecular complexity index is 232. The summed E-state index contributed by atoms with van der Waals surface area (Å²) in [4.78, 5) is 21.0. The predicted octanol–water partition coefficient (Wildman–Crippen LogP) is 1.40. The van der Waals surface area contributed by atoms with Crippen molar-refractivity contribution in [3.63, 3.8) is 0 Å². The summed E-state index contributed by atoms with van der Waals surface area (Å²) in [6.07, 6.45) is 1.72. The molecule has 0 bridgehead atoms. The van der Waals surface area contributed by atoms with E-state index in [1.807, 2.05) is 20.0 Å². The van der Waals surface area contributed by atoms with Gasteiger partial charge in [0.05, 0.1) is 0 Å². The summed E-state index contributed by atoms with van der Waals surface area (Å²) in [5, 5.41) is 8.23. The molecule has 4 nitrogen and oxygen atoms in total. The lowest BCUT2D eigenvalue weighted by Gasteiger charge is -2.19. The number of hydrogen-bond donors (Lipinski definition) is 1. The minimum Gasteiger partial charge on any atom is -0.517 e. The molecular weight excluding hydrogens is 188 g/mol. The first-order valence-corrected chi connectivity index (χ1v) is 7.13. The van der Waals surface area contributed by atoms with Gasteiger partial charge in [0, 0.05) is 12.2 Å². The van der Waals surface area contributed by atoms with Crippen molar-refractivity contribution >= 4 is 20.3 Å². The van der Waals surface area contributed by atoms with Crippen molar-refractivity contribution in [2.45, 2.75) is 26.1 Å². The van der Waals surface area contributed by atoms with Crippen LogP contribution in [0.2, 0.25) is 19.1 Å². The fraction of sp³-hybridized carbons (Fsp3) is 0.500. The Labute approximate surface area is 78.3 Å². The molecule has 0 aliphatic carbocycles. The Hall–Kier alpha value is -1.10. The monoisotopic (exact) mass is 202 g/mol. The van der Waals surface area contributed by atoms with Crippen LogP contribution in [0.1, 0.15) is 6.92 Å². The van der Waals surface area contributed by atoms with E-state index in [0.717, 1.165) is 18.2 Å². The van der Waals surface area contributed by atoms with E-state index in [2.05, 4.69) is 0 Å². The molecule has 0 aromatic rings. The van der Waals surface area contributed by atoms with Crippen LogP contribution in [0.3, 0.4) is 0 Å². The molecule has 0 atom stereocenters. The van der Waals surface area contributed by atoms with Gasteiger partial charge in [-0.15, -0.1) is 0 Å². The van der Waals surface area contributed by atoms with E-state index in [1.165, 1.54) is 0 Å². The van der Waals surface area contributed by atoms with Crippen LogP contribution in [-0.2, 0) is 14.0 Å². The Morgan fingerprint density at radius 2 is 1.92 bits per heavy atom. The highest BCUT2D eigenvalue weighted by Gasteiger charge is 2.23. The van der Waals surface area contributed by atoms with E-state index in [0.29, 0.717) is 0 Å². The second kappa shape index (κ2) is 4.81. The van der Waals surface area contributed by atoms with Gasteiger partial charge in [-0.1, -0.05) is 6.92 Å². The minimum atomic E-state index is -1.91. The summed E-state index contributed by atoms with van der Waals surface area (Å²) in [6.45, 7) is 5.75. The Balaban J connectivity index is 4.09. The molecule has 1 N–H and O–H groups in total. The molecule has 74 valence electrons. The SMILES string of the molecule is CC[Si](C)(C)OC(=O)/C=C/C(=O)O. The normalized spacial score (nSPS) is 11.6. The van der Waals surface area contributed by atoms with Gasteiger partial charge in [0.15, 0.2) is 0 Å². The molecule has 0 aromatic heterocycles. The maximum absolute atomic E-state index is 11.0. The summed E-state index contributed by atoms with van der Waals surface area (Å²) >= 11 is 0. The van der Waals surface area contributed by atoms with Crippen molar-refractivity contribution in [1.29, 1.82) is 0 Å². The highest BCUT2D eigenvalue weighted by Crippen LogP contribution is 2.09. The molecule has 0 saturated carbocycles. The van der Waals surface area contributed by atoms with Crippen molar-refractivity contribution in [1.82, 2.24) is 0 Å². The molecule has 0 aliphatic rings. The molecule has 0 aromatic carbocycles. The van der Waals surface area contributed by atoms with Gasteiger partial charge in [0.2, 0.25) is 8.32 Å². The van der Waals surface area contributed by atoms with E-state index in [9.17, 15) is 9.59 Å². The average Bonchev–Trinajstić information content (AvgIpc) is 2.00. The fourth-order valence-corrected chi connectivity index (χ4v) is 1.27. The van der Waals surface area contributed by atoms with Crippen LogP contribution in [-0.4, -0.2) is 25.4 Å². The number of aliphatic carboxylic acids is 1. The van der Waals surface area contributed by atoms with Crippen molar-refractivity contribution < 1.29 is 19.1 Å². The maximum atomic E-state index is 11.0. The van der Waals surface area contributed by atoms with Crippen LogP contribution in [0.5, 0.6) is 0 Å². The molecule has 0 aliphatic heterocycles. The molecule has 0 fully saturated rings. The van der Waals surface area contributed by atoms with Crippen molar-refractivity contribution in [3.8, 4) is 0 Å². The first-order valence-electron chi connectivity index (χ1n) is 4.01. The lowest BCUT2D eigenvalue weighted by Crippen LogP contribution is -2.31. The molecule has 0 heterocycles. The lowest BCUT2D eigenvalue weighted by molar-refractivity contribution is -0.133. The molecule has 13 heavy (non-hydrogen) atoms. The van der Waals surface area contributed by atoms with Crippen LogP contribution < -0.4 is 0 Å². The Morgan fingerprint density at radius 1 is 1.38 bits per heavy atom. The molecular formula is C8H14O4Si. The number of carboxylic acids is 1. The molecule has 0 unspecified atom stereocenters. The Kier molecular flexibility index (Phi) is 4.40. The molecule has 0 radical (unpaired) electrons. The van der Waals surface area contributed by atoms with E-state index >= 15 is 0 Å². The van der Waals surface area contributed by atoms with E-state index < -0.39 is 20.3 Å². The molecule has 0 saturated heterocycles. The second-order valence-electron chi connectivity index (χ2n) is 3.21. The van der Waals surface area contributed by atoms with Crippen LogP contribution in [0, 0.1) is 0 Å². The first-order chi connectivity index (χ1) is 5.87. The van der Waals surface area contributed by atoms with Gasteiger partial charge in [0.1, 0.15) is 0 Å². The van der Waals surface area contributed by atoms with Crippen LogP contribution in [0.4, 0.5) is 0 Å². The number of rotatable bonds is 4. The topological polar surface area (TPSA) is 63.6 Å². The lowest BCUT2D eigenvalue weighted by atomic mass is 10.5. The van der Waals surface area contributed by atoms with E-state index in [-0.39, 0.29) is 0 Å². The highest BCUT2D eigenvalue weighted by molar-refractivity contribution is 6.72. The molecule has 0 rings (SSSR count). The average molecular weight is 202 g/mol. The first kappa shape index (κ1) is 11.9.